The molecule has 0 aliphatic heterocycles. The van der Waals surface area contributed by atoms with Crippen molar-refractivity contribution in [3.8, 4) is 12.3 Å². The van der Waals surface area contributed by atoms with E-state index in [4.69, 9.17) is 6.42 Å². The van der Waals surface area contributed by atoms with Crippen molar-refractivity contribution in [2.24, 2.45) is 0 Å². The molecule has 0 aliphatic rings. The van der Waals surface area contributed by atoms with Crippen LogP contribution >= 0.6 is 0 Å². The molecule has 0 N–H and O–H groups in total. The van der Waals surface area contributed by atoms with E-state index in [0.29, 0.717) is 0 Å². The van der Waals surface area contributed by atoms with Crippen molar-refractivity contribution in [3.05, 3.63) is 47.2 Å². The lowest BCUT2D eigenvalue weighted by atomic mass is 10.0. The highest BCUT2D eigenvalue weighted by atomic mass is 14.0. The summed E-state index contributed by atoms with van der Waals surface area (Å²) in [6.07, 6.45) is 7.14. The molecule has 0 heteroatoms. The van der Waals surface area contributed by atoms with Crippen LogP contribution in [-0.2, 0) is 0 Å². The van der Waals surface area contributed by atoms with Gasteiger partial charge in [-0.3, -0.25) is 0 Å². The van der Waals surface area contributed by atoms with Crippen LogP contribution in [0.1, 0.15) is 16.7 Å². The Morgan fingerprint density at radius 3 is 2.83 bits per heavy atom. The first kappa shape index (κ1) is 8.40. The quantitative estimate of drug-likeness (QED) is 0.431. The van der Waals surface area contributed by atoms with Gasteiger partial charge < -0.3 is 0 Å². The fourth-order valence-corrected chi connectivity index (χ4v) is 1.10. The van der Waals surface area contributed by atoms with Gasteiger partial charge in [-0.2, -0.15) is 0 Å². The maximum atomic E-state index is 5.33. The molecule has 1 rings (SSSR count). The summed E-state index contributed by atoms with van der Waals surface area (Å²) < 4.78 is 0. The van der Waals surface area contributed by atoms with Gasteiger partial charge in [0.15, 0.2) is 0 Å². The Morgan fingerprint density at radius 2 is 2.25 bits per heavy atom. The Bertz CT molecular complexity index is 372. The van der Waals surface area contributed by atoms with E-state index in [9.17, 15) is 0 Å². The summed E-state index contributed by atoms with van der Waals surface area (Å²) in [5.41, 5.74) is 5.81. The lowest BCUT2D eigenvalue weighted by molar-refractivity contribution is 1.42. The fourth-order valence-electron chi connectivity index (χ4n) is 1.10. The van der Waals surface area contributed by atoms with E-state index in [2.05, 4.69) is 18.2 Å². The van der Waals surface area contributed by atoms with Crippen molar-refractivity contribution >= 4 is 6.08 Å². The van der Waals surface area contributed by atoms with E-state index >= 15 is 0 Å². The van der Waals surface area contributed by atoms with Crippen LogP contribution in [0.2, 0.25) is 0 Å². The van der Waals surface area contributed by atoms with Gasteiger partial charge in [-0.25, -0.2) is 0 Å². The largest absolute Gasteiger partial charge is 0.128 e. The third-order valence-corrected chi connectivity index (χ3v) is 1.73. The van der Waals surface area contributed by atoms with E-state index in [1.165, 1.54) is 0 Å². The Morgan fingerprint density at radius 1 is 1.50 bits per heavy atom. The Labute approximate surface area is 73.2 Å². The molecule has 0 radical (unpaired) electrons. The average molecular weight is 154 g/mol. The smallest absolute Gasteiger partial charge is 0.0323 e. The topological polar surface area (TPSA) is 0 Å². The molecule has 0 aromatic heterocycles. The normalized spacial score (nSPS) is 8.33. The molecule has 0 unspecified atom stereocenters. The lowest BCUT2D eigenvalue weighted by Gasteiger charge is -2.01. The van der Waals surface area contributed by atoms with Crippen LogP contribution in [0.4, 0.5) is 0 Å². The SMILES string of the molecule is C#Cc1cccc(C)c1C=C=C. The second-order valence-electron chi connectivity index (χ2n) is 2.53. The summed E-state index contributed by atoms with van der Waals surface area (Å²) in [5, 5.41) is 0. The van der Waals surface area contributed by atoms with Crippen molar-refractivity contribution < 1.29 is 0 Å². The molecule has 1 aromatic rings. The monoisotopic (exact) mass is 154 g/mol. The van der Waals surface area contributed by atoms with Crippen molar-refractivity contribution in [1.29, 1.82) is 0 Å². The van der Waals surface area contributed by atoms with Crippen molar-refractivity contribution in [1.82, 2.24) is 0 Å². The van der Waals surface area contributed by atoms with Crippen LogP contribution in [0.15, 0.2) is 30.5 Å². The molecule has 58 valence electrons. The van der Waals surface area contributed by atoms with E-state index in [0.717, 1.165) is 16.7 Å². The van der Waals surface area contributed by atoms with Crippen LogP contribution in [0.25, 0.3) is 6.08 Å². The fraction of sp³-hybridized carbons (Fsp3) is 0.0833. The minimum atomic E-state index is 0.895. The molecule has 0 nitrogen and oxygen atoms in total. The third kappa shape index (κ3) is 1.48. The molecule has 12 heavy (non-hydrogen) atoms. The average Bonchev–Trinajstić information content (AvgIpc) is 2.09. The van der Waals surface area contributed by atoms with Crippen LogP contribution in [0.5, 0.6) is 0 Å². The molecule has 0 atom stereocenters. The molecule has 0 aliphatic carbocycles. The highest BCUT2D eigenvalue weighted by Crippen LogP contribution is 2.14. The van der Waals surface area contributed by atoms with Crippen molar-refractivity contribution in [2.45, 2.75) is 6.92 Å². The molecule has 0 fully saturated rings. The summed E-state index contributed by atoms with van der Waals surface area (Å²) >= 11 is 0. The molecule has 1 aromatic carbocycles. The second kappa shape index (κ2) is 3.62. The number of benzene rings is 1. The number of aryl methyl sites for hydroxylation is 1. The molecular formula is C12H10. The number of hydrogen-bond donors (Lipinski definition) is 0. The third-order valence-electron chi connectivity index (χ3n) is 1.73. The van der Waals surface area contributed by atoms with Gasteiger partial charge in [0.2, 0.25) is 0 Å². The predicted molar refractivity (Wildman–Crippen MR) is 52.7 cm³/mol. The zero-order valence-corrected chi connectivity index (χ0v) is 7.09. The van der Waals surface area contributed by atoms with Gasteiger partial charge >= 0.3 is 0 Å². The maximum absolute atomic E-state index is 5.33. The van der Waals surface area contributed by atoms with Gasteiger partial charge in [-0.05, 0) is 24.6 Å². The van der Waals surface area contributed by atoms with E-state index in [1.54, 1.807) is 0 Å². The molecule has 0 amide bonds. The molecular weight excluding hydrogens is 144 g/mol. The number of terminal acetylenes is 1. The second-order valence-corrected chi connectivity index (χ2v) is 2.53. The minimum absolute atomic E-state index is 0.895. The first-order valence-corrected chi connectivity index (χ1v) is 3.71. The molecule has 0 heterocycles. The highest BCUT2D eigenvalue weighted by Gasteiger charge is 1.97. The first-order valence-electron chi connectivity index (χ1n) is 3.71. The Balaban J connectivity index is 3.41. The standard InChI is InChI=1S/C12H10/c1-4-7-12-10(3)8-6-9-11(12)5-2/h2,6-9H,1H2,3H3. The molecule has 0 saturated heterocycles. The lowest BCUT2D eigenvalue weighted by Crippen LogP contribution is -1.85. The van der Waals surface area contributed by atoms with Crippen molar-refractivity contribution in [2.75, 3.05) is 0 Å². The molecule has 0 saturated carbocycles. The predicted octanol–water partition coefficient (Wildman–Crippen LogP) is 2.77. The summed E-state index contributed by atoms with van der Waals surface area (Å²) in [6.45, 7) is 5.54. The minimum Gasteiger partial charge on any atom is -0.128 e. The van der Waals surface area contributed by atoms with Crippen LogP contribution in [0.3, 0.4) is 0 Å². The number of hydrogen-bond acceptors (Lipinski definition) is 0. The van der Waals surface area contributed by atoms with Crippen molar-refractivity contribution in [3.63, 3.8) is 0 Å². The number of rotatable bonds is 1. The van der Waals surface area contributed by atoms with E-state index in [-0.39, 0.29) is 0 Å². The van der Waals surface area contributed by atoms with Gasteiger partial charge in [-0.15, -0.1) is 12.2 Å². The summed E-state index contributed by atoms with van der Waals surface area (Å²) in [5.74, 6) is 2.62. The summed E-state index contributed by atoms with van der Waals surface area (Å²) in [6, 6.07) is 5.88. The zero-order chi connectivity index (χ0) is 8.97. The van der Waals surface area contributed by atoms with Gasteiger partial charge in [0.1, 0.15) is 0 Å². The van der Waals surface area contributed by atoms with E-state index in [1.807, 2.05) is 31.2 Å². The van der Waals surface area contributed by atoms with Gasteiger partial charge in [0.05, 0.1) is 0 Å². The Kier molecular flexibility index (Phi) is 2.53. The van der Waals surface area contributed by atoms with Crippen LogP contribution in [-0.4, -0.2) is 0 Å². The highest BCUT2D eigenvalue weighted by molar-refractivity contribution is 5.61. The summed E-state index contributed by atoms with van der Waals surface area (Å²) in [4.78, 5) is 0. The zero-order valence-electron chi connectivity index (χ0n) is 7.09. The molecule has 0 spiro atoms. The Hall–Kier alpha value is -1.70. The van der Waals surface area contributed by atoms with Crippen LogP contribution in [0, 0.1) is 19.3 Å². The van der Waals surface area contributed by atoms with Gasteiger partial charge in [0.25, 0.3) is 0 Å². The van der Waals surface area contributed by atoms with Gasteiger partial charge in [0, 0.05) is 11.1 Å². The van der Waals surface area contributed by atoms with Crippen LogP contribution < -0.4 is 0 Å². The molecule has 0 bridgehead atoms. The maximum Gasteiger partial charge on any atom is 0.0323 e. The first-order chi connectivity index (χ1) is 5.79. The van der Waals surface area contributed by atoms with E-state index < -0.39 is 0 Å². The van der Waals surface area contributed by atoms with Gasteiger partial charge in [-0.1, -0.05) is 24.6 Å². The summed E-state index contributed by atoms with van der Waals surface area (Å²) in [7, 11) is 0.